The fraction of sp³-hybridized carbons (Fsp3) is 0.227. The van der Waals surface area contributed by atoms with Gasteiger partial charge in [-0.15, -0.1) is 5.10 Å². The van der Waals surface area contributed by atoms with Gasteiger partial charge in [0.25, 0.3) is 5.91 Å². The van der Waals surface area contributed by atoms with Crippen LogP contribution < -0.4 is 10.2 Å². The third-order valence-electron chi connectivity index (χ3n) is 4.82. The van der Waals surface area contributed by atoms with Gasteiger partial charge in [0.1, 0.15) is 17.8 Å². The highest BCUT2D eigenvalue weighted by atomic mass is 16.5. The first-order valence-electron chi connectivity index (χ1n) is 9.99. The lowest BCUT2D eigenvalue weighted by atomic mass is 10.1. The number of nitrogens with one attached hydrogen (secondary N) is 1. The summed E-state index contributed by atoms with van der Waals surface area (Å²) in [7, 11) is 1.55. The van der Waals surface area contributed by atoms with Crippen molar-refractivity contribution in [2.75, 3.05) is 25.2 Å². The predicted octanol–water partition coefficient (Wildman–Crippen LogP) is 1.96. The van der Waals surface area contributed by atoms with E-state index in [0.717, 1.165) is 0 Å². The second-order valence-electron chi connectivity index (χ2n) is 6.91. The van der Waals surface area contributed by atoms with E-state index in [2.05, 4.69) is 20.6 Å². The minimum atomic E-state index is -1.05. The largest absolute Gasteiger partial charge is 0.467 e. The zero-order chi connectivity index (χ0) is 22.3. The summed E-state index contributed by atoms with van der Waals surface area (Å²) >= 11 is 0. The van der Waals surface area contributed by atoms with Gasteiger partial charge in [0.2, 0.25) is 5.91 Å². The van der Waals surface area contributed by atoms with Crippen molar-refractivity contribution in [3.8, 4) is 0 Å². The Hall–Kier alpha value is -4.05. The first kappa shape index (κ1) is 21.2. The second-order valence-corrected chi connectivity index (χ2v) is 6.91. The number of methoxy groups -OCH3 is 1. The monoisotopic (exact) mass is 434 g/mol. The summed E-state index contributed by atoms with van der Waals surface area (Å²) in [5, 5.41) is 11.0. The molecule has 0 aliphatic carbocycles. The number of rotatable bonds is 9. The molecule has 0 spiro atoms. The fourth-order valence-electron chi connectivity index (χ4n) is 3.37. The van der Waals surface area contributed by atoms with Crippen LogP contribution in [0, 0.1) is 0 Å². The Morgan fingerprint density at radius 1 is 1.19 bits per heavy atom. The van der Waals surface area contributed by atoms with E-state index in [9.17, 15) is 9.59 Å². The molecule has 0 saturated heterocycles. The normalized spacial score (nSPS) is 11.9. The Morgan fingerprint density at radius 3 is 2.81 bits per heavy atom. The maximum Gasteiger partial charge on any atom is 0.251 e. The summed E-state index contributed by atoms with van der Waals surface area (Å²) in [6.07, 6.45) is 4.58. The van der Waals surface area contributed by atoms with E-state index in [0.29, 0.717) is 29.1 Å². The maximum atomic E-state index is 13.6. The first-order chi connectivity index (χ1) is 15.7. The third kappa shape index (κ3) is 4.49. The molecule has 0 radical (unpaired) electrons. The van der Waals surface area contributed by atoms with Gasteiger partial charge in [-0.1, -0.05) is 17.3 Å². The molecule has 2 amide bonds. The van der Waals surface area contributed by atoms with Crippen molar-refractivity contribution in [1.82, 2.24) is 25.3 Å². The number of para-hydroxylation sites is 1. The first-order valence-corrected chi connectivity index (χ1v) is 9.99. The van der Waals surface area contributed by atoms with E-state index in [-0.39, 0.29) is 19.0 Å². The summed E-state index contributed by atoms with van der Waals surface area (Å²) in [5.74, 6) is -0.463. The number of carbonyl (C=O) groups excluding carboxylic acids is 2. The highest BCUT2D eigenvalue weighted by Gasteiger charge is 2.35. The van der Waals surface area contributed by atoms with Crippen LogP contribution in [0.5, 0.6) is 0 Å². The van der Waals surface area contributed by atoms with Crippen LogP contribution in [0.1, 0.15) is 11.8 Å². The molecule has 1 atom stereocenters. The highest BCUT2D eigenvalue weighted by molar-refractivity contribution is 6.01. The molecule has 1 aromatic carbocycles. The number of hydrogen-bond donors (Lipinski definition) is 1. The number of hydrogen-bond acceptors (Lipinski definition) is 7. The van der Waals surface area contributed by atoms with Crippen molar-refractivity contribution >= 4 is 28.5 Å². The van der Waals surface area contributed by atoms with Crippen molar-refractivity contribution in [2.45, 2.75) is 12.6 Å². The van der Waals surface area contributed by atoms with Crippen LogP contribution in [-0.4, -0.2) is 52.1 Å². The second kappa shape index (κ2) is 9.84. The standard InChI is InChI=1S/C22H22N6O4/c1-31-13-11-24-22(30)21(19-9-5-12-32-19)28(16-6-4-10-23-14-16)20(29)15-27-18-8-3-2-7-17(18)25-26-27/h2-10,12,14,21H,11,13,15H2,1H3,(H,24,30). The molecule has 32 heavy (non-hydrogen) atoms. The Morgan fingerprint density at radius 2 is 2.06 bits per heavy atom. The minimum absolute atomic E-state index is 0.127. The average molecular weight is 434 g/mol. The molecule has 0 saturated carbocycles. The lowest BCUT2D eigenvalue weighted by Crippen LogP contribution is -2.45. The van der Waals surface area contributed by atoms with Crippen molar-refractivity contribution < 1.29 is 18.7 Å². The highest BCUT2D eigenvalue weighted by Crippen LogP contribution is 2.28. The molecule has 10 heteroatoms. The van der Waals surface area contributed by atoms with Gasteiger partial charge in [0, 0.05) is 19.9 Å². The van der Waals surface area contributed by atoms with Gasteiger partial charge in [0.05, 0.1) is 30.3 Å². The number of furan rings is 1. The number of fused-ring (bicyclic) bond motifs is 1. The van der Waals surface area contributed by atoms with E-state index in [1.807, 2.05) is 24.3 Å². The van der Waals surface area contributed by atoms with Gasteiger partial charge in [-0.05, 0) is 36.4 Å². The molecule has 3 heterocycles. The SMILES string of the molecule is COCCNC(=O)C(c1ccco1)N(C(=O)Cn1nnc2ccccc21)c1cccnc1. The Kier molecular flexibility index (Phi) is 6.52. The quantitative estimate of drug-likeness (QED) is 0.400. The lowest BCUT2D eigenvalue weighted by molar-refractivity contribution is -0.127. The molecule has 0 bridgehead atoms. The van der Waals surface area contributed by atoms with E-state index in [4.69, 9.17) is 9.15 Å². The van der Waals surface area contributed by atoms with Crippen LogP contribution in [0.4, 0.5) is 5.69 Å². The number of pyridine rings is 1. The topological polar surface area (TPSA) is 115 Å². The van der Waals surface area contributed by atoms with Crippen LogP contribution in [0.2, 0.25) is 0 Å². The smallest absolute Gasteiger partial charge is 0.251 e. The number of benzene rings is 1. The number of aromatic nitrogens is 4. The molecule has 1 unspecified atom stereocenters. The van der Waals surface area contributed by atoms with Gasteiger partial charge >= 0.3 is 0 Å². The predicted molar refractivity (Wildman–Crippen MR) is 116 cm³/mol. The molecular formula is C22H22N6O4. The zero-order valence-corrected chi connectivity index (χ0v) is 17.4. The number of amides is 2. The molecule has 3 aromatic heterocycles. The molecule has 4 rings (SSSR count). The van der Waals surface area contributed by atoms with Crippen LogP contribution >= 0.6 is 0 Å². The molecule has 1 N–H and O–H groups in total. The molecule has 0 aliphatic rings. The summed E-state index contributed by atoms with van der Waals surface area (Å²) < 4.78 is 12.1. The van der Waals surface area contributed by atoms with E-state index >= 15 is 0 Å². The molecule has 4 aromatic rings. The van der Waals surface area contributed by atoms with Crippen molar-refractivity contribution in [2.24, 2.45) is 0 Å². The number of carbonyl (C=O) groups is 2. The maximum absolute atomic E-state index is 13.6. The average Bonchev–Trinajstić information content (AvgIpc) is 3.48. The fourth-order valence-corrected chi connectivity index (χ4v) is 3.37. The van der Waals surface area contributed by atoms with Gasteiger partial charge < -0.3 is 14.5 Å². The van der Waals surface area contributed by atoms with Crippen molar-refractivity contribution in [3.05, 3.63) is 72.9 Å². The molecule has 0 aliphatic heterocycles. The van der Waals surface area contributed by atoms with E-state index < -0.39 is 11.9 Å². The Balaban J connectivity index is 1.71. The van der Waals surface area contributed by atoms with E-state index in [1.54, 1.807) is 37.6 Å². The minimum Gasteiger partial charge on any atom is -0.467 e. The zero-order valence-electron chi connectivity index (χ0n) is 17.4. The number of anilines is 1. The van der Waals surface area contributed by atoms with Crippen LogP contribution in [-0.2, 0) is 20.9 Å². The Bertz CT molecular complexity index is 1180. The summed E-state index contributed by atoms with van der Waals surface area (Å²) in [6, 6.07) is 13.0. The van der Waals surface area contributed by atoms with Crippen LogP contribution in [0.25, 0.3) is 11.0 Å². The van der Waals surface area contributed by atoms with E-state index in [1.165, 1.54) is 22.0 Å². The Labute approximate surface area is 183 Å². The van der Waals surface area contributed by atoms with Crippen molar-refractivity contribution in [3.63, 3.8) is 0 Å². The molecule has 164 valence electrons. The molecular weight excluding hydrogens is 412 g/mol. The molecule has 0 fully saturated rings. The number of ether oxygens (including phenoxy) is 1. The summed E-state index contributed by atoms with van der Waals surface area (Å²) in [5.41, 5.74) is 1.84. The summed E-state index contributed by atoms with van der Waals surface area (Å²) in [6.45, 7) is 0.496. The van der Waals surface area contributed by atoms with Gasteiger partial charge in [0.15, 0.2) is 6.04 Å². The third-order valence-corrected chi connectivity index (χ3v) is 4.82. The summed E-state index contributed by atoms with van der Waals surface area (Å²) in [4.78, 5) is 32.3. The van der Waals surface area contributed by atoms with Crippen LogP contribution in [0.3, 0.4) is 0 Å². The van der Waals surface area contributed by atoms with Crippen LogP contribution in [0.15, 0.2) is 71.6 Å². The van der Waals surface area contributed by atoms with Gasteiger partial charge in [-0.2, -0.15) is 0 Å². The van der Waals surface area contributed by atoms with Crippen molar-refractivity contribution in [1.29, 1.82) is 0 Å². The number of nitrogens with zero attached hydrogens (tertiary/aromatic N) is 5. The molecule has 10 nitrogen and oxygen atoms in total. The lowest BCUT2D eigenvalue weighted by Gasteiger charge is -2.29. The van der Waals surface area contributed by atoms with Gasteiger partial charge in [-0.3, -0.25) is 19.5 Å². The van der Waals surface area contributed by atoms with Gasteiger partial charge in [-0.25, -0.2) is 4.68 Å².